The number of fused-ring (bicyclic) bond motifs is 1. The van der Waals surface area contributed by atoms with E-state index in [0.717, 1.165) is 63.2 Å². The molecule has 2 aromatic heterocycles. The van der Waals surface area contributed by atoms with Gasteiger partial charge in [0.25, 0.3) is 0 Å². The van der Waals surface area contributed by atoms with Crippen molar-refractivity contribution in [3.63, 3.8) is 0 Å². The highest BCUT2D eigenvalue weighted by Crippen LogP contribution is 2.29. The minimum atomic E-state index is -5.08. The zero-order valence-electron chi connectivity index (χ0n) is 17.5. The zero-order valence-corrected chi connectivity index (χ0v) is 17.5. The average molecular weight is 443 g/mol. The number of carboxylic acids is 1. The number of carbonyl (C=O) groups is 1. The summed E-state index contributed by atoms with van der Waals surface area (Å²) in [6.07, 6.45) is 0.970. The van der Waals surface area contributed by atoms with Gasteiger partial charge in [-0.05, 0) is 50.2 Å². The topological polar surface area (TPSA) is 80.7 Å². The number of carboxylic acid groups (broad SMARTS) is 1. The fourth-order valence-corrected chi connectivity index (χ4v) is 3.57. The maximum atomic E-state index is 10.6. The Morgan fingerprint density at radius 2 is 2.06 bits per heavy atom. The van der Waals surface area contributed by atoms with Gasteiger partial charge in [0.1, 0.15) is 5.76 Å². The quantitative estimate of drug-likeness (QED) is 0.655. The van der Waals surface area contributed by atoms with Crippen LogP contribution >= 0.6 is 0 Å². The molecule has 7 nitrogen and oxygen atoms in total. The van der Waals surface area contributed by atoms with Gasteiger partial charge in [0.2, 0.25) is 0 Å². The second kappa shape index (κ2) is 10.3. The van der Waals surface area contributed by atoms with E-state index in [1.807, 2.05) is 13.0 Å². The molecule has 1 fully saturated rings. The third kappa shape index (κ3) is 7.70. The van der Waals surface area contributed by atoms with E-state index in [-0.39, 0.29) is 0 Å². The molecule has 0 bridgehead atoms. The molecule has 0 saturated heterocycles. The summed E-state index contributed by atoms with van der Waals surface area (Å²) in [7, 11) is 0. The maximum Gasteiger partial charge on any atom is 0.490 e. The molecule has 0 aromatic carbocycles. The van der Waals surface area contributed by atoms with E-state index in [1.54, 1.807) is 0 Å². The van der Waals surface area contributed by atoms with Gasteiger partial charge in [-0.2, -0.15) is 13.2 Å². The monoisotopic (exact) mass is 443 g/mol. The van der Waals surface area contributed by atoms with Crippen molar-refractivity contribution in [2.75, 3.05) is 19.8 Å². The van der Waals surface area contributed by atoms with Crippen LogP contribution in [0.15, 0.2) is 28.9 Å². The molecule has 0 radical (unpaired) electrons. The van der Waals surface area contributed by atoms with E-state index in [9.17, 15) is 13.2 Å². The highest BCUT2D eigenvalue weighted by molar-refractivity contribution is 5.73. The fraction of sp³-hybridized carbons (Fsp3) is 0.619. The number of halogens is 3. The van der Waals surface area contributed by atoms with Crippen LogP contribution in [0.1, 0.15) is 36.4 Å². The summed E-state index contributed by atoms with van der Waals surface area (Å²) in [5.74, 6) is -0.409. The maximum absolute atomic E-state index is 10.6. The molecule has 4 rings (SSSR count). The fourth-order valence-electron chi connectivity index (χ4n) is 3.57. The lowest BCUT2D eigenvalue weighted by Gasteiger charge is -2.23. The Morgan fingerprint density at radius 3 is 2.68 bits per heavy atom. The number of nitrogens with zero attached hydrogens (tertiary/aromatic N) is 3. The van der Waals surface area contributed by atoms with Crippen molar-refractivity contribution >= 4 is 5.97 Å². The molecule has 172 valence electrons. The van der Waals surface area contributed by atoms with Crippen LogP contribution in [0.4, 0.5) is 13.2 Å². The summed E-state index contributed by atoms with van der Waals surface area (Å²) in [5, 5.41) is 11.3. The first-order valence-electron chi connectivity index (χ1n) is 10.4. The van der Waals surface area contributed by atoms with Crippen molar-refractivity contribution in [2.24, 2.45) is 11.8 Å². The first-order valence-corrected chi connectivity index (χ1v) is 10.4. The minimum absolute atomic E-state index is 0.617. The van der Waals surface area contributed by atoms with Crippen molar-refractivity contribution in [3.05, 3.63) is 41.5 Å². The van der Waals surface area contributed by atoms with Gasteiger partial charge in [-0.25, -0.2) is 4.79 Å². The van der Waals surface area contributed by atoms with Gasteiger partial charge in [-0.1, -0.05) is 5.16 Å². The standard InChI is InChI=1S/C19H27N3O2.C2HF3O2/c1-15-9-18(20-24-15)12-21-10-17(6-8-23-14-16-4-5-16)11-22-7-2-3-19(22)13-21;3-2(4,5)1(6)7/h2-3,7,9,16-17H,4-6,8,10-14H2,1H3;(H,6,7). The smallest absolute Gasteiger partial charge is 0.475 e. The van der Waals surface area contributed by atoms with E-state index in [4.69, 9.17) is 19.2 Å². The van der Waals surface area contributed by atoms with Crippen molar-refractivity contribution in [1.82, 2.24) is 14.6 Å². The Bertz CT molecular complexity index is 845. The van der Waals surface area contributed by atoms with Crippen molar-refractivity contribution < 1.29 is 32.3 Å². The highest BCUT2D eigenvalue weighted by Gasteiger charge is 2.38. The van der Waals surface area contributed by atoms with Gasteiger partial charge in [-0.3, -0.25) is 4.90 Å². The van der Waals surface area contributed by atoms with Gasteiger partial charge in [-0.15, -0.1) is 0 Å². The lowest BCUT2D eigenvalue weighted by Crippen LogP contribution is -2.28. The molecule has 31 heavy (non-hydrogen) atoms. The van der Waals surface area contributed by atoms with Gasteiger partial charge in [0.15, 0.2) is 0 Å². The van der Waals surface area contributed by atoms with Crippen LogP contribution in [0, 0.1) is 18.8 Å². The van der Waals surface area contributed by atoms with E-state index in [1.165, 1.54) is 18.5 Å². The van der Waals surface area contributed by atoms with Crippen LogP contribution in [0.3, 0.4) is 0 Å². The van der Waals surface area contributed by atoms with E-state index in [2.05, 4.69) is 33.0 Å². The third-order valence-corrected chi connectivity index (χ3v) is 5.31. The van der Waals surface area contributed by atoms with E-state index < -0.39 is 12.1 Å². The van der Waals surface area contributed by atoms with Crippen LogP contribution in [0.25, 0.3) is 0 Å². The van der Waals surface area contributed by atoms with Crippen LogP contribution in [0.2, 0.25) is 0 Å². The normalized spacial score (nSPS) is 19.3. The Labute approximate surface area is 178 Å². The molecule has 1 N–H and O–H groups in total. The highest BCUT2D eigenvalue weighted by atomic mass is 19.4. The number of hydrogen-bond donors (Lipinski definition) is 1. The summed E-state index contributed by atoms with van der Waals surface area (Å²) in [5.41, 5.74) is 2.41. The zero-order chi connectivity index (χ0) is 22.4. The van der Waals surface area contributed by atoms with E-state index >= 15 is 0 Å². The van der Waals surface area contributed by atoms with Crippen LogP contribution in [-0.2, 0) is 29.2 Å². The molecule has 1 atom stereocenters. The Morgan fingerprint density at radius 1 is 1.32 bits per heavy atom. The van der Waals surface area contributed by atoms with Gasteiger partial charge in [0.05, 0.1) is 5.69 Å². The predicted octanol–water partition coefficient (Wildman–Crippen LogP) is 3.87. The molecule has 1 aliphatic heterocycles. The number of rotatable bonds is 7. The number of aromatic nitrogens is 2. The first-order chi connectivity index (χ1) is 14.7. The van der Waals surface area contributed by atoms with Gasteiger partial charge >= 0.3 is 12.1 Å². The van der Waals surface area contributed by atoms with Gasteiger partial charge < -0.3 is 18.9 Å². The average Bonchev–Trinajstić information content (AvgIpc) is 3.33. The number of alkyl halides is 3. The lowest BCUT2D eigenvalue weighted by atomic mass is 10.1. The van der Waals surface area contributed by atoms with Crippen LogP contribution < -0.4 is 0 Å². The Hall–Kier alpha value is -2.33. The summed E-state index contributed by atoms with van der Waals surface area (Å²) < 4.78 is 45.2. The molecule has 10 heteroatoms. The molecule has 1 unspecified atom stereocenters. The van der Waals surface area contributed by atoms with Crippen molar-refractivity contribution in [1.29, 1.82) is 0 Å². The largest absolute Gasteiger partial charge is 0.490 e. The minimum Gasteiger partial charge on any atom is -0.475 e. The van der Waals surface area contributed by atoms with Crippen molar-refractivity contribution in [3.8, 4) is 0 Å². The predicted molar refractivity (Wildman–Crippen MR) is 105 cm³/mol. The van der Waals surface area contributed by atoms with Gasteiger partial charge in [0, 0.05) is 57.3 Å². The number of hydrogen-bond acceptors (Lipinski definition) is 5. The number of aryl methyl sites for hydroxylation is 1. The molecule has 0 amide bonds. The lowest BCUT2D eigenvalue weighted by molar-refractivity contribution is -0.192. The van der Waals surface area contributed by atoms with E-state index in [0.29, 0.717) is 5.92 Å². The molecule has 0 spiro atoms. The molecule has 1 aliphatic carbocycles. The molecular weight excluding hydrogens is 415 g/mol. The molecule has 1 saturated carbocycles. The summed E-state index contributed by atoms with van der Waals surface area (Å²) in [6, 6.07) is 6.42. The summed E-state index contributed by atoms with van der Waals surface area (Å²) >= 11 is 0. The molecule has 3 heterocycles. The molecule has 2 aromatic rings. The van der Waals surface area contributed by atoms with Crippen LogP contribution in [0.5, 0.6) is 0 Å². The summed E-state index contributed by atoms with van der Waals surface area (Å²) in [4.78, 5) is 11.4. The second-order valence-corrected chi connectivity index (χ2v) is 8.23. The number of ether oxygens (including phenoxy) is 1. The SMILES string of the molecule is Cc1cc(CN2Cc3cccn3CC(CCOCC3CC3)C2)no1.O=C(O)C(F)(F)F. The molecular formula is C21H28F3N3O4. The van der Waals surface area contributed by atoms with Crippen molar-refractivity contribution in [2.45, 2.75) is 52.0 Å². The summed E-state index contributed by atoms with van der Waals surface area (Å²) in [6.45, 7) is 7.78. The first kappa shape index (κ1) is 23.3. The molecule has 2 aliphatic rings. The Balaban J connectivity index is 0.000000339. The third-order valence-electron chi connectivity index (χ3n) is 5.31. The number of aliphatic carboxylic acids is 1. The van der Waals surface area contributed by atoms with Crippen LogP contribution in [-0.4, -0.2) is 51.6 Å². The Kier molecular flexibility index (Phi) is 7.77. The second-order valence-electron chi connectivity index (χ2n) is 8.23.